The maximum Gasteiger partial charge on any atom is 0.584 e. The predicted molar refractivity (Wildman–Crippen MR) is 85.3 cm³/mol. The van der Waals surface area contributed by atoms with Crippen LogP contribution in [0.1, 0.15) is 0 Å². The molecule has 2 rings (SSSR count). The summed E-state index contributed by atoms with van der Waals surface area (Å²) in [4.78, 5) is 9.53. The van der Waals surface area contributed by atoms with E-state index in [2.05, 4.69) is 0 Å². The molecule has 0 bridgehead atoms. The summed E-state index contributed by atoms with van der Waals surface area (Å²) in [6.07, 6.45) is 0. The van der Waals surface area contributed by atoms with E-state index in [-0.39, 0.29) is 11.5 Å². The van der Waals surface area contributed by atoms with Crippen LogP contribution in [0.15, 0.2) is 60.7 Å². The van der Waals surface area contributed by atoms with Crippen LogP contribution in [0.4, 0.5) is 0 Å². The first kappa shape index (κ1) is 18.1. The zero-order valence-corrected chi connectivity index (χ0v) is 13.8. The van der Waals surface area contributed by atoms with Crippen molar-refractivity contribution < 1.29 is 18.5 Å². The second-order valence-electron chi connectivity index (χ2n) is 3.52. The highest BCUT2D eigenvalue weighted by atomic mass is 35.6. The average Bonchev–Trinajstić information content (AvgIpc) is 2.39. The van der Waals surface area contributed by atoms with Gasteiger partial charge in [0.2, 0.25) is 0 Å². The van der Waals surface area contributed by atoms with Gasteiger partial charge >= 0.3 is 7.82 Å². The van der Waals surface area contributed by atoms with Crippen LogP contribution in [0.3, 0.4) is 0 Å². The lowest BCUT2D eigenvalue weighted by Crippen LogP contribution is -1.99. The molecule has 1 N–H and O–H groups in total. The second kappa shape index (κ2) is 9.19. The van der Waals surface area contributed by atoms with Crippen molar-refractivity contribution in [3.05, 3.63) is 60.7 Å². The van der Waals surface area contributed by atoms with Crippen molar-refractivity contribution in [1.82, 2.24) is 0 Å². The van der Waals surface area contributed by atoms with Gasteiger partial charge < -0.3 is 9.05 Å². The maximum atomic E-state index is 11.7. The number of para-hydroxylation sites is 2. The highest BCUT2D eigenvalue weighted by molar-refractivity contribution is 7.48. The summed E-state index contributed by atoms with van der Waals surface area (Å²) in [6, 6.07) is 16.7. The first-order chi connectivity index (χ1) is 9.89. The summed E-state index contributed by atoms with van der Waals surface area (Å²) < 4.78 is 20.7. The fraction of sp³-hybridized carbons (Fsp3) is 0.0769. The molecule has 0 amide bonds. The Morgan fingerprint density at radius 2 is 1.10 bits per heavy atom. The van der Waals surface area contributed by atoms with Crippen LogP contribution >= 0.6 is 42.6 Å². The summed E-state index contributed by atoms with van der Waals surface area (Å²) in [7, 11) is -4.14. The molecule has 0 spiro atoms. The summed E-state index contributed by atoms with van der Waals surface area (Å²) in [6.45, 7) is 0. The molecule has 0 fully saturated rings. The van der Waals surface area contributed by atoms with Crippen LogP contribution in [-0.2, 0) is 4.57 Å². The largest absolute Gasteiger partial charge is 0.584 e. The third-order valence-corrected chi connectivity index (χ3v) is 2.81. The molecule has 2 aromatic rings. The summed E-state index contributed by atoms with van der Waals surface area (Å²) in [5.74, 6) is 0.573. The number of rotatable bonds is 4. The number of phosphoric ester groups is 1. The summed E-state index contributed by atoms with van der Waals surface area (Å²) in [5, 5.41) is 0. The quantitative estimate of drug-likeness (QED) is 0.592. The minimum Gasteiger partial charge on any atom is -0.395 e. The van der Waals surface area contributed by atoms with Gasteiger partial charge in [-0.2, -0.15) is 0 Å². The fourth-order valence-electron chi connectivity index (χ4n) is 1.25. The van der Waals surface area contributed by atoms with Crippen molar-refractivity contribution in [3.63, 3.8) is 0 Å². The van der Waals surface area contributed by atoms with Gasteiger partial charge in [-0.15, -0.1) is 0 Å². The van der Waals surface area contributed by atoms with Gasteiger partial charge in [0.05, 0.1) is 0 Å². The Hall–Kier alpha value is -0.900. The van der Waals surface area contributed by atoms with Gasteiger partial charge in [-0.1, -0.05) is 71.2 Å². The Morgan fingerprint density at radius 3 is 1.38 bits per heavy atom. The monoisotopic (exact) mass is 368 g/mol. The molecule has 4 nitrogen and oxygen atoms in total. The highest BCUT2D eigenvalue weighted by Gasteiger charge is 2.24. The average molecular weight is 370 g/mol. The normalized spacial score (nSPS) is 10.5. The zero-order valence-electron chi connectivity index (χ0n) is 10.6. The van der Waals surface area contributed by atoms with Crippen molar-refractivity contribution in [2.75, 3.05) is 0 Å². The van der Waals surface area contributed by atoms with Gasteiger partial charge in [-0.3, -0.25) is 4.89 Å². The number of hydrogen-bond acceptors (Lipinski definition) is 3. The van der Waals surface area contributed by atoms with Crippen LogP contribution in [0.25, 0.3) is 0 Å². The summed E-state index contributed by atoms with van der Waals surface area (Å²) in [5.41, 5.74) is 0. The van der Waals surface area contributed by atoms with Crippen LogP contribution in [-0.4, -0.2) is 9.19 Å². The minimum absolute atomic E-state index is 0.286. The lowest BCUT2D eigenvalue weighted by molar-refractivity contribution is 0.291. The molecule has 0 radical (unpaired) electrons. The van der Waals surface area contributed by atoms with Crippen molar-refractivity contribution in [1.29, 1.82) is 0 Å². The third kappa shape index (κ3) is 8.86. The smallest absolute Gasteiger partial charge is 0.395 e. The van der Waals surface area contributed by atoms with Crippen LogP contribution in [0.2, 0.25) is 0 Å². The van der Waals surface area contributed by atoms with E-state index >= 15 is 0 Å². The van der Waals surface area contributed by atoms with Gasteiger partial charge in [0.25, 0.3) is 0 Å². The second-order valence-corrected chi connectivity index (χ2v) is 6.81. The molecular weight excluding hydrogens is 357 g/mol. The Balaban J connectivity index is 0.000000491. The van der Waals surface area contributed by atoms with Crippen molar-refractivity contribution in [3.8, 4) is 11.5 Å². The first-order valence-corrected chi connectivity index (χ1v) is 8.44. The van der Waals surface area contributed by atoms with E-state index in [0.29, 0.717) is 0 Å². The number of hydrogen-bond donors (Lipinski definition) is 1. The van der Waals surface area contributed by atoms with Crippen LogP contribution in [0, 0.1) is 0 Å². The SMILES string of the molecule is ClC(Cl)Cl.O=P(O)(Oc1ccccc1)Oc1ccccc1. The van der Waals surface area contributed by atoms with Crippen molar-refractivity contribution in [2.45, 2.75) is 4.30 Å². The molecule has 0 aliphatic heterocycles. The molecule has 0 aliphatic rings. The highest BCUT2D eigenvalue weighted by Crippen LogP contribution is 2.44. The molecule has 0 aromatic heterocycles. The van der Waals surface area contributed by atoms with Gasteiger partial charge in [-0.25, -0.2) is 4.57 Å². The number of alkyl halides is 3. The fourth-order valence-corrected chi connectivity index (χ4v) is 2.06. The lowest BCUT2D eigenvalue weighted by atomic mass is 10.3. The topological polar surface area (TPSA) is 55.8 Å². The molecule has 0 unspecified atom stereocenters. The van der Waals surface area contributed by atoms with Gasteiger partial charge in [0.1, 0.15) is 11.5 Å². The van der Waals surface area contributed by atoms with Crippen molar-refractivity contribution in [2.24, 2.45) is 0 Å². The first-order valence-electron chi connectivity index (χ1n) is 5.63. The molecule has 2 aromatic carbocycles. The Labute approximate surface area is 137 Å². The van der Waals surface area contributed by atoms with Crippen LogP contribution in [0.5, 0.6) is 11.5 Å². The Morgan fingerprint density at radius 1 is 0.810 bits per heavy atom. The standard InChI is InChI=1S/C12H11O4P.CHCl3/c13-17(14,15-11-7-3-1-4-8-11)16-12-9-5-2-6-10-12;2-1(3)4/h1-10H,(H,13,14);1H. The Kier molecular flexibility index (Phi) is 7.94. The minimum atomic E-state index is -4.14. The molecule has 0 heterocycles. The van der Waals surface area contributed by atoms with E-state index in [4.69, 9.17) is 43.9 Å². The van der Waals surface area contributed by atoms with E-state index in [1.807, 2.05) is 0 Å². The van der Waals surface area contributed by atoms with E-state index in [1.165, 1.54) is 0 Å². The van der Waals surface area contributed by atoms with Crippen molar-refractivity contribution >= 4 is 42.6 Å². The number of phosphoric acid groups is 1. The van der Waals surface area contributed by atoms with Gasteiger partial charge in [-0.05, 0) is 24.3 Å². The molecule has 0 saturated heterocycles. The molecular formula is C13H12Cl3O4P. The zero-order chi connectivity index (χ0) is 15.7. The van der Waals surface area contributed by atoms with Crippen LogP contribution < -0.4 is 9.05 Å². The van der Waals surface area contributed by atoms with Gasteiger partial charge in [0.15, 0.2) is 4.30 Å². The molecule has 21 heavy (non-hydrogen) atoms. The summed E-state index contributed by atoms with van der Waals surface area (Å²) >= 11 is 14.4. The van der Waals surface area contributed by atoms with Gasteiger partial charge in [0, 0.05) is 0 Å². The Bertz CT molecular complexity index is 518. The van der Waals surface area contributed by atoms with E-state index in [1.54, 1.807) is 60.7 Å². The molecule has 0 aliphatic carbocycles. The molecule has 0 atom stereocenters. The molecule has 114 valence electrons. The van der Waals surface area contributed by atoms with E-state index in [9.17, 15) is 9.46 Å². The lowest BCUT2D eigenvalue weighted by Gasteiger charge is -2.13. The van der Waals surface area contributed by atoms with E-state index < -0.39 is 12.1 Å². The molecule has 8 heteroatoms. The van der Waals surface area contributed by atoms with E-state index in [0.717, 1.165) is 0 Å². The predicted octanol–water partition coefficient (Wildman–Crippen LogP) is 5.23. The third-order valence-electron chi connectivity index (χ3n) is 1.93. The number of halogens is 3. The number of benzene rings is 2. The maximum absolute atomic E-state index is 11.7. The molecule has 0 saturated carbocycles.